The molecular formula is C19H19NO2. The Morgan fingerprint density at radius 3 is 2.45 bits per heavy atom. The second kappa shape index (κ2) is 4.43. The molecule has 0 saturated carbocycles. The van der Waals surface area contributed by atoms with Gasteiger partial charge in [0.1, 0.15) is 0 Å². The minimum Gasteiger partial charge on any atom is -0.346 e. The highest BCUT2D eigenvalue weighted by Crippen LogP contribution is 2.54. The highest BCUT2D eigenvalue weighted by Gasteiger charge is 2.59. The van der Waals surface area contributed by atoms with E-state index in [1.807, 2.05) is 61.2 Å². The maximum atomic E-state index is 13.0. The van der Waals surface area contributed by atoms with Crippen LogP contribution in [-0.2, 0) is 21.9 Å². The quantitative estimate of drug-likeness (QED) is 0.799. The fourth-order valence-electron chi connectivity index (χ4n) is 3.70. The van der Waals surface area contributed by atoms with Gasteiger partial charge in [0.15, 0.2) is 5.72 Å². The maximum Gasteiger partial charge on any atom is 0.235 e. The summed E-state index contributed by atoms with van der Waals surface area (Å²) in [5.74, 6) is 0.128. The van der Waals surface area contributed by atoms with Crippen LogP contribution in [0.1, 0.15) is 31.4 Å². The van der Waals surface area contributed by atoms with E-state index < -0.39 is 11.1 Å². The van der Waals surface area contributed by atoms with E-state index in [1.165, 1.54) is 0 Å². The molecule has 22 heavy (non-hydrogen) atoms. The summed E-state index contributed by atoms with van der Waals surface area (Å²) in [7, 11) is 0. The van der Waals surface area contributed by atoms with Crippen molar-refractivity contribution in [2.75, 3.05) is 4.90 Å². The van der Waals surface area contributed by atoms with Crippen LogP contribution in [0.5, 0.6) is 0 Å². The number of fused-ring (bicyclic) bond motifs is 3. The molecule has 0 radical (unpaired) electrons. The Kier molecular flexibility index (Phi) is 2.73. The van der Waals surface area contributed by atoms with E-state index in [9.17, 15) is 4.79 Å². The van der Waals surface area contributed by atoms with Gasteiger partial charge in [-0.05, 0) is 6.07 Å². The van der Waals surface area contributed by atoms with Gasteiger partial charge in [-0.15, -0.1) is 0 Å². The highest BCUT2D eigenvalue weighted by atomic mass is 16.5. The third-order valence-corrected chi connectivity index (χ3v) is 4.75. The van der Waals surface area contributed by atoms with Crippen molar-refractivity contribution in [3.63, 3.8) is 0 Å². The number of nitrogens with zero attached hydrogens (tertiary/aromatic N) is 1. The van der Waals surface area contributed by atoms with Gasteiger partial charge in [0.25, 0.3) is 0 Å². The number of para-hydroxylation sites is 1. The van der Waals surface area contributed by atoms with Gasteiger partial charge in [-0.25, -0.2) is 0 Å². The zero-order valence-electron chi connectivity index (χ0n) is 12.9. The van der Waals surface area contributed by atoms with Crippen molar-refractivity contribution >= 4 is 11.6 Å². The van der Waals surface area contributed by atoms with Gasteiger partial charge in [-0.3, -0.25) is 9.69 Å². The number of amides is 1. The zero-order chi connectivity index (χ0) is 15.4. The molecule has 1 unspecified atom stereocenters. The van der Waals surface area contributed by atoms with Gasteiger partial charge < -0.3 is 4.74 Å². The molecule has 3 heteroatoms. The Balaban J connectivity index is 1.96. The van der Waals surface area contributed by atoms with Crippen LogP contribution in [0.25, 0.3) is 0 Å². The lowest BCUT2D eigenvalue weighted by Crippen LogP contribution is -2.48. The van der Waals surface area contributed by atoms with E-state index in [0.717, 1.165) is 16.8 Å². The Hall–Kier alpha value is -2.13. The molecule has 1 saturated heterocycles. The van der Waals surface area contributed by atoms with E-state index in [2.05, 4.69) is 12.1 Å². The molecule has 3 nitrogen and oxygen atoms in total. The number of rotatable bonds is 1. The summed E-state index contributed by atoms with van der Waals surface area (Å²) in [5, 5.41) is 0. The smallest absolute Gasteiger partial charge is 0.235 e. The first-order valence-electron chi connectivity index (χ1n) is 7.67. The van der Waals surface area contributed by atoms with E-state index in [1.54, 1.807) is 0 Å². The van der Waals surface area contributed by atoms with Crippen LogP contribution in [0, 0.1) is 5.41 Å². The van der Waals surface area contributed by atoms with Crippen molar-refractivity contribution in [1.29, 1.82) is 0 Å². The van der Waals surface area contributed by atoms with Gasteiger partial charge in [0.2, 0.25) is 5.91 Å². The lowest BCUT2D eigenvalue weighted by molar-refractivity contribution is -0.125. The van der Waals surface area contributed by atoms with Crippen LogP contribution in [0.15, 0.2) is 54.6 Å². The van der Waals surface area contributed by atoms with E-state index >= 15 is 0 Å². The molecule has 2 aromatic rings. The summed E-state index contributed by atoms with van der Waals surface area (Å²) in [4.78, 5) is 14.9. The molecule has 2 aromatic carbocycles. The minimum absolute atomic E-state index is 0.128. The Bertz CT molecular complexity index is 738. The Labute approximate surface area is 130 Å². The second-order valence-electron chi connectivity index (χ2n) is 6.77. The van der Waals surface area contributed by atoms with Crippen LogP contribution in [0.4, 0.5) is 5.69 Å². The standard InChI is InChI=1S/C19H19NO2/c1-18(2)13-19(15-9-4-3-5-10-15)20(17(18)21)16-11-7-6-8-14(16)12-22-19/h3-11H,12-13H2,1-2H3. The average molecular weight is 293 g/mol. The molecular weight excluding hydrogens is 274 g/mol. The number of hydrogen-bond donors (Lipinski definition) is 0. The number of hydrogen-bond acceptors (Lipinski definition) is 2. The average Bonchev–Trinajstić information content (AvgIpc) is 2.76. The molecule has 0 N–H and O–H groups in total. The van der Waals surface area contributed by atoms with E-state index in [0.29, 0.717) is 13.0 Å². The van der Waals surface area contributed by atoms with Gasteiger partial charge in [0.05, 0.1) is 12.3 Å². The van der Waals surface area contributed by atoms with Crippen LogP contribution in [0.3, 0.4) is 0 Å². The van der Waals surface area contributed by atoms with Crippen LogP contribution >= 0.6 is 0 Å². The molecule has 4 rings (SSSR count). The Morgan fingerprint density at radius 1 is 1.00 bits per heavy atom. The predicted molar refractivity (Wildman–Crippen MR) is 85.2 cm³/mol. The van der Waals surface area contributed by atoms with Crippen LogP contribution in [-0.4, -0.2) is 5.91 Å². The molecule has 0 aliphatic carbocycles. The zero-order valence-corrected chi connectivity index (χ0v) is 12.9. The third kappa shape index (κ3) is 1.69. The largest absolute Gasteiger partial charge is 0.346 e. The first-order valence-corrected chi connectivity index (χ1v) is 7.67. The SMILES string of the molecule is CC1(C)CC2(c3ccccc3)OCc3ccccc3N2C1=O. The Morgan fingerprint density at radius 2 is 1.68 bits per heavy atom. The number of carbonyl (C=O) groups is 1. The first-order chi connectivity index (χ1) is 10.5. The van der Waals surface area contributed by atoms with Crippen molar-refractivity contribution in [3.8, 4) is 0 Å². The monoisotopic (exact) mass is 293 g/mol. The first kappa shape index (κ1) is 13.5. The molecule has 1 atom stereocenters. The van der Waals surface area contributed by atoms with Crippen molar-refractivity contribution < 1.29 is 9.53 Å². The summed E-state index contributed by atoms with van der Waals surface area (Å²) in [6, 6.07) is 18.1. The summed E-state index contributed by atoms with van der Waals surface area (Å²) in [6.07, 6.45) is 0.664. The molecule has 2 heterocycles. The highest BCUT2D eigenvalue weighted by molar-refractivity contribution is 6.02. The fraction of sp³-hybridized carbons (Fsp3) is 0.316. The maximum absolute atomic E-state index is 13.0. The molecule has 2 aliphatic heterocycles. The third-order valence-electron chi connectivity index (χ3n) is 4.75. The van der Waals surface area contributed by atoms with E-state index in [-0.39, 0.29) is 5.91 Å². The normalized spacial score (nSPS) is 25.7. The second-order valence-corrected chi connectivity index (χ2v) is 6.77. The van der Waals surface area contributed by atoms with Gasteiger partial charge in [-0.2, -0.15) is 0 Å². The molecule has 0 aromatic heterocycles. The molecule has 1 amide bonds. The molecule has 2 aliphatic rings. The van der Waals surface area contributed by atoms with Crippen molar-refractivity contribution in [2.45, 2.75) is 32.6 Å². The molecule has 0 spiro atoms. The minimum atomic E-state index is -0.684. The summed E-state index contributed by atoms with van der Waals surface area (Å²) < 4.78 is 6.31. The van der Waals surface area contributed by atoms with Gasteiger partial charge in [-0.1, -0.05) is 62.4 Å². The lowest BCUT2D eigenvalue weighted by Gasteiger charge is -2.43. The van der Waals surface area contributed by atoms with Gasteiger partial charge >= 0.3 is 0 Å². The number of carbonyl (C=O) groups excluding carboxylic acids is 1. The summed E-state index contributed by atoms with van der Waals surface area (Å²) in [5.41, 5.74) is 1.97. The van der Waals surface area contributed by atoms with Crippen LogP contribution in [0.2, 0.25) is 0 Å². The molecule has 0 bridgehead atoms. The number of ether oxygens (including phenoxy) is 1. The van der Waals surface area contributed by atoms with Gasteiger partial charge in [0, 0.05) is 23.0 Å². The number of anilines is 1. The summed E-state index contributed by atoms with van der Waals surface area (Å²) in [6.45, 7) is 4.54. The fourth-order valence-corrected chi connectivity index (χ4v) is 3.70. The van der Waals surface area contributed by atoms with Crippen LogP contribution < -0.4 is 4.90 Å². The molecule has 1 fully saturated rings. The van der Waals surface area contributed by atoms with Crippen molar-refractivity contribution in [3.05, 3.63) is 65.7 Å². The lowest BCUT2D eigenvalue weighted by atomic mass is 9.86. The van der Waals surface area contributed by atoms with Crippen molar-refractivity contribution in [1.82, 2.24) is 0 Å². The molecule has 112 valence electrons. The number of benzene rings is 2. The summed E-state index contributed by atoms with van der Waals surface area (Å²) >= 11 is 0. The predicted octanol–water partition coefficient (Wildman–Crippen LogP) is 3.83. The topological polar surface area (TPSA) is 29.5 Å². The van der Waals surface area contributed by atoms with Crippen molar-refractivity contribution in [2.24, 2.45) is 5.41 Å². The van der Waals surface area contributed by atoms with E-state index in [4.69, 9.17) is 4.74 Å².